The number of hydrogen-bond acceptors (Lipinski definition) is 4. The van der Waals surface area contributed by atoms with Crippen molar-refractivity contribution in [3.8, 4) is 11.5 Å². The number of hydrogen-bond donors (Lipinski definition) is 1. The Balaban J connectivity index is 3.02. The molecule has 1 amide bonds. The predicted octanol–water partition coefficient (Wildman–Crippen LogP) is 2.67. The maximum atomic E-state index is 12.6. The van der Waals surface area contributed by atoms with Crippen LogP contribution >= 0.6 is 0 Å². The van der Waals surface area contributed by atoms with Crippen molar-refractivity contribution < 1.29 is 24.2 Å². The summed E-state index contributed by atoms with van der Waals surface area (Å²) in [4.78, 5) is 24.9. The van der Waals surface area contributed by atoms with Gasteiger partial charge in [0.05, 0.1) is 6.61 Å². The number of benzene rings is 1. The Bertz CT molecular complexity index is 556. The molecule has 23 heavy (non-hydrogen) atoms. The summed E-state index contributed by atoms with van der Waals surface area (Å²) in [5.74, 6) is -0.168. The van der Waals surface area contributed by atoms with Gasteiger partial charge in [-0.25, -0.2) is 4.79 Å². The van der Waals surface area contributed by atoms with Gasteiger partial charge in [0.2, 0.25) is 0 Å². The van der Waals surface area contributed by atoms with Gasteiger partial charge in [-0.3, -0.25) is 4.79 Å². The number of carboxylic acid groups (broad SMARTS) is 1. The highest BCUT2D eigenvalue weighted by molar-refractivity contribution is 5.95. The first-order valence-corrected chi connectivity index (χ1v) is 7.66. The standard InChI is InChI=1S/C17H25NO5/c1-6-22-15-9-13(7-8-14(15)23-10-16(19)20)17(21)18(5)12(4)11(2)3/h7-9,11-12H,6,10H2,1-5H3,(H,19,20). The molecule has 0 radical (unpaired) electrons. The largest absolute Gasteiger partial charge is 0.490 e. The van der Waals surface area contributed by atoms with E-state index in [1.165, 1.54) is 0 Å². The number of amides is 1. The van der Waals surface area contributed by atoms with Crippen molar-refractivity contribution in [3.63, 3.8) is 0 Å². The van der Waals surface area contributed by atoms with Gasteiger partial charge in [0, 0.05) is 18.7 Å². The Morgan fingerprint density at radius 1 is 1.17 bits per heavy atom. The molecule has 6 nitrogen and oxygen atoms in total. The minimum atomic E-state index is -1.07. The number of nitrogens with zero attached hydrogens (tertiary/aromatic N) is 1. The number of ether oxygens (including phenoxy) is 2. The highest BCUT2D eigenvalue weighted by atomic mass is 16.5. The molecule has 0 aliphatic carbocycles. The van der Waals surface area contributed by atoms with Crippen LogP contribution in [0.3, 0.4) is 0 Å². The van der Waals surface area contributed by atoms with Crippen LogP contribution in [0.25, 0.3) is 0 Å². The van der Waals surface area contributed by atoms with Crippen molar-refractivity contribution in [3.05, 3.63) is 23.8 Å². The Morgan fingerprint density at radius 3 is 2.35 bits per heavy atom. The Kier molecular flexibility index (Phi) is 6.88. The number of rotatable bonds is 8. The van der Waals surface area contributed by atoms with Gasteiger partial charge in [-0.2, -0.15) is 0 Å². The summed E-state index contributed by atoms with van der Waals surface area (Å²) in [6.07, 6.45) is 0. The van der Waals surface area contributed by atoms with E-state index < -0.39 is 12.6 Å². The zero-order valence-electron chi connectivity index (χ0n) is 14.3. The molecule has 0 saturated carbocycles. The highest BCUT2D eigenvalue weighted by Gasteiger charge is 2.21. The zero-order chi connectivity index (χ0) is 17.6. The Hall–Kier alpha value is -2.24. The van der Waals surface area contributed by atoms with Gasteiger partial charge in [0.15, 0.2) is 18.1 Å². The lowest BCUT2D eigenvalue weighted by Gasteiger charge is -2.28. The summed E-state index contributed by atoms with van der Waals surface area (Å²) in [5, 5.41) is 8.70. The van der Waals surface area contributed by atoms with E-state index in [0.29, 0.717) is 29.6 Å². The van der Waals surface area contributed by atoms with E-state index in [0.717, 1.165) is 0 Å². The second kappa shape index (κ2) is 8.41. The van der Waals surface area contributed by atoms with E-state index >= 15 is 0 Å². The molecule has 1 aromatic carbocycles. The molecule has 1 atom stereocenters. The van der Waals surface area contributed by atoms with Gasteiger partial charge in [0.1, 0.15) is 0 Å². The monoisotopic (exact) mass is 323 g/mol. The predicted molar refractivity (Wildman–Crippen MR) is 87.1 cm³/mol. The van der Waals surface area contributed by atoms with Crippen LogP contribution in [0.5, 0.6) is 11.5 Å². The van der Waals surface area contributed by atoms with Crippen LogP contribution in [0, 0.1) is 5.92 Å². The SMILES string of the molecule is CCOc1cc(C(=O)N(C)C(C)C(C)C)ccc1OCC(=O)O. The highest BCUT2D eigenvalue weighted by Crippen LogP contribution is 2.29. The van der Waals surface area contributed by atoms with Crippen molar-refractivity contribution in [2.75, 3.05) is 20.3 Å². The first-order chi connectivity index (χ1) is 10.8. The molecule has 0 heterocycles. The molecule has 0 fully saturated rings. The minimum absolute atomic E-state index is 0.0981. The first kappa shape index (κ1) is 18.8. The zero-order valence-corrected chi connectivity index (χ0v) is 14.3. The molecule has 0 saturated heterocycles. The lowest BCUT2D eigenvalue weighted by atomic mass is 10.0. The van der Waals surface area contributed by atoms with Crippen LogP contribution in [0.4, 0.5) is 0 Å². The third-order valence-corrected chi connectivity index (χ3v) is 3.74. The third kappa shape index (κ3) is 5.16. The van der Waals surface area contributed by atoms with Gasteiger partial charge in [-0.15, -0.1) is 0 Å². The molecule has 1 N–H and O–H groups in total. The number of carbonyl (C=O) groups excluding carboxylic acids is 1. The molecule has 0 aromatic heterocycles. The van der Waals surface area contributed by atoms with Crippen LogP contribution in [0.1, 0.15) is 38.1 Å². The Morgan fingerprint density at radius 2 is 1.83 bits per heavy atom. The van der Waals surface area contributed by atoms with Gasteiger partial charge >= 0.3 is 5.97 Å². The van der Waals surface area contributed by atoms with Crippen molar-refractivity contribution in [1.82, 2.24) is 4.90 Å². The normalized spacial score (nSPS) is 11.9. The molecular weight excluding hydrogens is 298 g/mol. The molecule has 0 aliphatic rings. The first-order valence-electron chi connectivity index (χ1n) is 7.66. The second-order valence-corrected chi connectivity index (χ2v) is 5.68. The minimum Gasteiger partial charge on any atom is -0.490 e. The maximum absolute atomic E-state index is 12.6. The van der Waals surface area contributed by atoms with E-state index in [9.17, 15) is 9.59 Å². The summed E-state index contributed by atoms with van der Waals surface area (Å²) in [6, 6.07) is 4.87. The van der Waals surface area contributed by atoms with Crippen molar-refractivity contribution in [1.29, 1.82) is 0 Å². The molecule has 1 aromatic rings. The fourth-order valence-electron chi connectivity index (χ4n) is 2.00. The lowest BCUT2D eigenvalue weighted by Crippen LogP contribution is -2.38. The number of aliphatic carboxylic acids is 1. The fourth-order valence-corrected chi connectivity index (χ4v) is 2.00. The molecular formula is C17H25NO5. The van der Waals surface area contributed by atoms with Crippen LogP contribution < -0.4 is 9.47 Å². The molecule has 1 rings (SSSR count). The average Bonchev–Trinajstić information content (AvgIpc) is 2.51. The smallest absolute Gasteiger partial charge is 0.341 e. The van der Waals surface area contributed by atoms with E-state index in [1.807, 2.05) is 13.8 Å². The van der Waals surface area contributed by atoms with Crippen LogP contribution in [0.2, 0.25) is 0 Å². The van der Waals surface area contributed by atoms with Gasteiger partial charge < -0.3 is 19.5 Å². The molecule has 1 unspecified atom stereocenters. The van der Waals surface area contributed by atoms with E-state index in [-0.39, 0.29) is 11.9 Å². The van der Waals surface area contributed by atoms with Crippen LogP contribution in [-0.2, 0) is 4.79 Å². The molecule has 0 bridgehead atoms. The van der Waals surface area contributed by atoms with Crippen molar-refractivity contribution in [2.45, 2.75) is 33.7 Å². The van der Waals surface area contributed by atoms with Gasteiger partial charge in [-0.1, -0.05) is 13.8 Å². The summed E-state index contributed by atoms with van der Waals surface area (Å²) in [6.45, 7) is 7.85. The fraction of sp³-hybridized carbons (Fsp3) is 0.529. The lowest BCUT2D eigenvalue weighted by molar-refractivity contribution is -0.139. The topological polar surface area (TPSA) is 76.1 Å². The van der Waals surface area contributed by atoms with Crippen molar-refractivity contribution >= 4 is 11.9 Å². The second-order valence-electron chi connectivity index (χ2n) is 5.68. The van der Waals surface area contributed by atoms with Crippen molar-refractivity contribution in [2.24, 2.45) is 5.92 Å². The summed E-state index contributed by atoms with van der Waals surface area (Å²) in [5.41, 5.74) is 0.478. The third-order valence-electron chi connectivity index (χ3n) is 3.74. The van der Waals surface area contributed by atoms with E-state index in [2.05, 4.69) is 13.8 Å². The number of carboxylic acids is 1. The molecule has 0 spiro atoms. The summed E-state index contributed by atoms with van der Waals surface area (Å²) >= 11 is 0. The molecule has 6 heteroatoms. The number of carbonyl (C=O) groups is 2. The Labute approximate surface area is 137 Å². The summed E-state index contributed by atoms with van der Waals surface area (Å²) in [7, 11) is 1.77. The average molecular weight is 323 g/mol. The van der Waals surface area contributed by atoms with E-state index in [1.54, 1.807) is 30.1 Å². The van der Waals surface area contributed by atoms with Gasteiger partial charge in [-0.05, 0) is 38.0 Å². The molecule has 128 valence electrons. The summed E-state index contributed by atoms with van der Waals surface area (Å²) < 4.78 is 10.6. The quantitative estimate of drug-likeness (QED) is 0.796. The van der Waals surface area contributed by atoms with Gasteiger partial charge in [0.25, 0.3) is 5.91 Å². The maximum Gasteiger partial charge on any atom is 0.341 e. The van der Waals surface area contributed by atoms with Crippen LogP contribution in [0.15, 0.2) is 18.2 Å². The van der Waals surface area contributed by atoms with E-state index in [4.69, 9.17) is 14.6 Å². The van der Waals surface area contributed by atoms with Crippen LogP contribution in [-0.4, -0.2) is 48.2 Å². The molecule has 0 aliphatic heterocycles.